The minimum absolute atomic E-state index is 0.511. The van der Waals surface area contributed by atoms with E-state index in [0.29, 0.717) is 5.92 Å². The topological polar surface area (TPSA) is 6.48 Å². The summed E-state index contributed by atoms with van der Waals surface area (Å²) in [5.41, 5.74) is 14.7. The van der Waals surface area contributed by atoms with Crippen molar-refractivity contribution in [2.45, 2.75) is 60.8 Å². The summed E-state index contributed by atoms with van der Waals surface area (Å²) < 4.78 is 0. The molecule has 0 aliphatic carbocycles. The summed E-state index contributed by atoms with van der Waals surface area (Å²) in [5.74, 6) is 0.511. The first-order valence-corrected chi connectivity index (χ1v) is 14.8. The molecule has 1 unspecified atom stereocenters. The Morgan fingerprint density at radius 1 is 0.488 bits per heavy atom. The first kappa shape index (κ1) is 28.2. The van der Waals surface area contributed by atoms with Gasteiger partial charge in [-0.15, -0.1) is 0 Å². The average Bonchev–Trinajstić information content (AvgIpc) is 2.95. The zero-order chi connectivity index (χ0) is 29.1. The molecule has 5 aromatic rings. The SMILES string of the molecule is CCC(C)c1cccc(N(c2cccc(C)c2)c2cc(C)c(N(c3cccc(C)c3)c3cccc(C)c3)cc2C)c1. The molecule has 0 bridgehead atoms. The summed E-state index contributed by atoms with van der Waals surface area (Å²) in [6, 6.07) is 40.2. The molecule has 0 aliphatic heterocycles. The quantitative estimate of drug-likeness (QED) is 0.194. The Morgan fingerprint density at radius 3 is 1.22 bits per heavy atom. The molecule has 5 rings (SSSR count). The van der Waals surface area contributed by atoms with E-state index in [4.69, 9.17) is 0 Å². The number of hydrogen-bond acceptors (Lipinski definition) is 2. The maximum atomic E-state index is 2.43. The van der Waals surface area contributed by atoms with Gasteiger partial charge in [-0.1, -0.05) is 62.4 Å². The lowest BCUT2D eigenvalue weighted by molar-refractivity contribution is 0.733. The second kappa shape index (κ2) is 12.1. The molecule has 0 aromatic heterocycles. The van der Waals surface area contributed by atoms with Crippen molar-refractivity contribution in [1.82, 2.24) is 0 Å². The van der Waals surface area contributed by atoms with Crippen molar-refractivity contribution >= 4 is 34.1 Å². The van der Waals surface area contributed by atoms with Crippen molar-refractivity contribution in [1.29, 1.82) is 0 Å². The Hall–Kier alpha value is -4.30. The summed E-state index contributed by atoms with van der Waals surface area (Å²) in [5, 5.41) is 0. The van der Waals surface area contributed by atoms with Crippen LogP contribution in [0.4, 0.5) is 34.1 Å². The van der Waals surface area contributed by atoms with E-state index >= 15 is 0 Å². The molecule has 0 heterocycles. The Morgan fingerprint density at radius 2 is 0.854 bits per heavy atom. The number of anilines is 6. The summed E-state index contributed by atoms with van der Waals surface area (Å²) in [4.78, 5) is 4.82. The molecular formula is C39H42N2. The molecule has 0 spiro atoms. The largest absolute Gasteiger partial charge is 0.310 e. The second-order valence-corrected chi connectivity index (χ2v) is 11.5. The van der Waals surface area contributed by atoms with E-state index in [9.17, 15) is 0 Å². The Balaban J connectivity index is 1.70. The zero-order valence-electron chi connectivity index (χ0n) is 25.6. The van der Waals surface area contributed by atoms with Crippen molar-refractivity contribution in [2.24, 2.45) is 0 Å². The molecule has 0 saturated heterocycles. The highest BCUT2D eigenvalue weighted by atomic mass is 15.2. The number of benzene rings is 5. The Labute approximate surface area is 246 Å². The molecule has 0 fully saturated rings. The Kier molecular flexibility index (Phi) is 8.31. The van der Waals surface area contributed by atoms with E-state index in [1.54, 1.807) is 0 Å². The molecule has 0 aliphatic rings. The highest BCUT2D eigenvalue weighted by molar-refractivity contribution is 5.85. The van der Waals surface area contributed by atoms with Crippen LogP contribution in [0.2, 0.25) is 0 Å². The van der Waals surface area contributed by atoms with Gasteiger partial charge in [-0.3, -0.25) is 0 Å². The van der Waals surface area contributed by atoms with Gasteiger partial charge in [0.2, 0.25) is 0 Å². The minimum atomic E-state index is 0.511. The molecule has 0 N–H and O–H groups in total. The molecule has 2 heteroatoms. The van der Waals surface area contributed by atoms with Crippen LogP contribution < -0.4 is 9.80 Å². The highest BCUT2D eigenvalue weighted by Gasteiger charge is 2.21. The number of rotatable bonds is 8. The molecule has 2 nitrogen and oxygen atoms in total. The lowest BCUT2D eigenvalue weighted by Gasteiger charge is -2.32. The van der Waals surface area contributed by atoms with E-state index < -0.39 is 0 Å². The Bertz CT molecular complexity index is 1620. The van der Waals surface area contributed by atoms with Gasteiger partial charge in [-0.05, 0) is 141 Å². The molecule has 5 aromatic carbocycles. The van der Waals surface area contributed by atoms with Crippen LogP contribution in [0.15, 0.2) is 109 Å². The third-order valence-electron chi connectivity index (χ3n) is 8.09. The van der Waals surface area contributed by atoms with Crippen molar-refractivity contribution in [3.8, 4) is 0 Å². The van der Waals surface area contributed by atoms with Crippen molar-refractivity contribution in [3.05, 3.63) is 143 Å². The monoisotopic (exact) mass is 538 g/mol. The van der Waals surface area contributed by atoms with Crippen LogP contribution in [0.1, 0.15) is 59.6 Å². The van der Waals surface area contributed by atoms with Gasteiger partial charge in [-0.25, -0.2) is 0 Å². The van der Waals surface area contributed by atoms with Gasteiger partial charge >= 0.3 is 0 Å². The van der Waals surface area contributed by atoms with Gasteiger partial charge in [0.25, 0.3) is 0 Å². The van der Waals surface area contributed by atoms with Crippen LogP contribution in [0.3, 0.4) is 0 Å². The van der Waals surface area contributed by atoms with Gasteiger partial charge < -0.3 is 9.80 Å². The minimum Gasteiger partial charge on any atom is -0.310 e. The third kappa shape index (κ3) is 6.07. The molecular weight excluding hydrogens is 496 g/mol. The van der Waals surface area contributed by atoms with Crippen LogP contribution >= 0.6 is 0 Å². The normalized spacial score (nSPS) is 11.8. The predicted octanol–water partition coefficient (Wildman–Crippen LogP) is 11.7. The highest BCUT2D eigenvalue weighted by Crippen LogP contribution is 2.43. The van der Waals surface area contributed by atoms with Gasteiger partial charge in [0.1, 0.15) is 0 Å². The van der Waals surface area contributed by atoms with Gasteiger partial charge in [0.15, 0.2) is 0 Å². The number of aryl methyl sites for hydroxylation is 5. The van der Waals surface area contributed by atoms with E-state index in [2.05, 4.69) is 167 Å². The molecule has 41 heavy (non-hydrogen) atoms. The van der Waals surface area contributed by atoms with E-state index in [1.165, 1.54) is 67.5 Å². The van der Waals surface area contributed by atoms with E-state index in [0.717, 1.165) is 6.42 Å². The van der Waals surface area contributed by atoms with Crippen LogP contribution in [0, 0.1) is 34.6 Å². The predicted molar refractivity (Wildman–Crippen MR) is 178 cm³/mol. The van der Waals surface area contributed by atoms with Crippen molar-refractivity contribution < 1.29 is 0 Å². The number of nitrogens with zero attached hydrogens (tertiary/aromatic N) is 2. The molecule has 0 radical (unpaired) electrons. The second-order valence-electron chi connectivity index (χ2n) is 11.5. The van der Waals surface area contributed by atoms with Gasteiger partial charge in [0, 0.05) is 34.1 Å². The first-order valence-electron chi connectivity index (χ1n) is 14.8. The molecule has 1 atom stereocenters. The van der Waals surface area contributed by atoms with Crippen molar-refractivity contribution in [2.75, 3.05) is 9.80 Å². The van der Waals surface area contributed by atoms with Crippen molar-refractivity contribution in [3.63, 3.8) is 0 Å². The van der Waals surface area contributed by atoms with Crippen LogP contribution in [-0.4, -0.2) is 0 Å². The standard InChI is InChI=1S/C39H42N2/c1-8-30(5)33-16-12-20-37(26-33)41(36-19-11-15-29(4)23-36)39-25-31(6)38(24-32(39)7)40(34-17-9-13-27(2)21-34)35-18-10-14-28(3)22-35/h9-26,30H,8H2,1-7H3. The lowest BCUT2D eigenvalue weighted by Crippen LogP contribution is -2.15. The number of hydrogen-bond donors (Lipinski definition) is 0. The van der Waals surface area contributed by atoms with E-state index in [-0.39, 0.29) is 0 Å². The fraction of sp³-hybridized carbons (Fsp3) is 0.231. The van der Waals surface area contributed by atoms with Crippen LogP contribution in [-0.2, 0) is 0 Å². The molecule has 208 valence electrons. The maximum Gasteiger partial charge on any atom is 0.0494 e. The lowest BCUT2D eigenvalue weighted by atomic mass is 9.97. The summed E-state index contributed by atoms with van der Waals surface area (Å²) >= 11 is 0. The molecule has 0 saturated carbocycles. The first-order chi connectivity index (χ1) is 19.7. The fourth-order valence-corrected chi connectivity index (χ4v) is 5.63. The van der Waals surface area contributed by atoms with Crippen LogP contribution in [0.5, 0.6) is 0 Å². The zero-order valence-corrected chi connectivity index (χ0v) is 25.6. The summed E-state index contributed by atoms with van der Waals surface area (Å²) in [6.07, 6.45) is 1.12. The smallest absolute Gasteiger partial charge is 0.0494 e. The summed E-state index contributed by atoms with van der Waals surface area (Å²) in [7, 11) is 0. The molecule has 0 amide bonds. The van der Waals surface area contributed by atoms with Crippen LogP contribution in [0.25, 0.3) is 0 Å². The van der Waals surface area contributed by atoms with Gasteiger partial charge in [-0.2, -0.15) is 0 Å². The van der Waals surface area contributed by atoms with E-state index in [1.807, 2.05) is 0 Å². The third-order valence-corrected chi connectivity index (χ3v) is 8.09. The maximum absolute atomic E-state index is 2.43. The average molecular weight is 539 g/mol. The fourth-order valence-electron chi connectivity index (χ4n) is 5.63. The summed E-state index contributed by atoms with van der Waals surface area (Å²) in [6.45, 7) is 15.5. The van der Waals surface area contributed by atoms with Gasteiger partial charge in [0.05, 0.1) is 0 Å².